The van der Waals surface area contributed by atoms with Crippen LogP contribution in [-0.2, 0) is 4.74 Å². The monoisotopic (exact) mass is 307 g/mol. The summed E-state index contributed by atoms with van der Waals surface area (Å²) in [6.45, 7) is 0. The van der Waals surface area contributed by atoms with Crippen molar-refractivity contribution in [3.05, 3.63) is 70.8 Å². The second-order valence-electron chi connectivity index (χ2n) is 4.79. The summed E-state index contributed by atoms with van der Waals surface area (Å²) < 4.78 is 4.80. The molecule has 0 amide bonds. The van der Waals surface area contributed by atoms with Crippen LogP contribution in [0.1, 0.15) is 27.0 Å². The van der Waals surface area contributed by atoms with Gasteiger partial charge >= 0.3 is 5.97 Å². The number of rotatable bonds is 2. The average Bonchev–Trinajstić information content (AvgIpc) is 2.60. The maximum atomic E-state index is 11.8. The Hall–Kier alpha value is -2.51. The highest BCUT2D eigenvalue weighted by molar-refractivity contribution is 7.99. The third-order valence-corrected chi connectivity index (χ3v) is 4.56. The molecule has 0 fully saturated rings. The van der Waals surface area contributed by atoms with E-state index in [2.05, 4.69) is 12.1 Å². The zero-order valence-electron chi connectivity index (χ0n) is 12.0. The minimum absolute atomic E-state index is 0.355. The molecule has 0 bridgehead atoms. The van der Waals surface area contributed by atoms with Crippen molar-refractivity contribution < 1.29 is 9.53 Å². The lowest BCUT2D eigenvalue weighted by Gasteiger charge is -2.19. The van der Waals surface area contributed by atoms with Gasteiger partial charge in [-0.15, -0.1) is 11.8 Å². The first-order valence-corrected chi connectivity index (χ1v) is 7.78. The summed E-state index contributed by atoms with van der Waals surface area (Å²) in [6.07, 6.45) is 2.10. The summed E-state index contributed by atoms with van der Waals surface area (Å²) in [4.78, 5) is 12.9. The van der Waals surface area contributed by atoms with Crippen molar-refractivity contribution in [1.82, 2.24) is 0 Å². The summed E-state index contributed by atoms with van der Waals surface area (Å²) in [7, 11) is 1.37. The van der Waals surface area contributed by atoms with Crippen LogP contribution < -0.4 is 0 Å². The van der Waals surface area contributed by atoms with Crippen molar-refractivity contribution in [2.45, 2.75) is 4.90 Å². The number of carbonyl (C=O) groups excluding carboxylic acids is 1. The normalized spacial score (nSPS) is 12.8. The Morgan fingerprint density at radius 2 is 2.05 bits per heavy atom. The number of nitriles is 1. The molecule has 0 radical (unpaired) electrons. The van der Waals surface area contributed by atoms with Crippen molar-refractivity contribution in [2.24, 2.45) is 0 Å². The Balaban J connectivity index is 2.15. The van der Waals surface area contributed by atoms with Crippen molar-refractivity contribution >= 4 is 23.3 Å². The second kappa shape index (κ2) is 6.08. The van der Waals surface area contributed by atoms with E-state index in [0.29, 0.717) is 11.1 Å². The van der Waals surface area contributed by atoms with E-state index in [1.807, 2.05) is 36.4 Å². The number of nitrogens with zero attached hydrogens (tertiary/aromatic N) is 1. The van der Waals surface area contributed by atoms with Gasteiger partial charge in [0.05, 0.1) is 24.3 Å². The Labute approximate surface area is 133 Å². The number of thioether (sulfide) groups is 1. The van der Waals surface area contributed by atoms with E-state index in [9.17, 15) is 10.1 Å². The highest BCUT2D eigenvalue weighted by Gasteiger charge is 2.19. The fourth-order valence-electron chi connectivity index (χ4n) is 2.51. The molecule has 0 spiro atoms. The highest BCUT2D eigenvalue weighted by Crippen LogP contribution is 2.38. The second-order valence-corrected chi connectivity index (χ2v) is 5.85. The smallest absolute Gasteiger partial charge is 0.337 e. The maximum absolute atomic E-state index is 11.8. The lowest BCUT2D eigenvalue weighted by molar-refractivity contribution is 0.0600. The SMILES string of the molecule is COC(=O)c1ccc2c(c1)C(c1ccccc1C#N)=CCS2. The highest BCUT2D eigenvalue weighted by atomic mass is 32.2. The molecule has 2 aromatic rings. The molecule has 0 aliphatic carbocycles. The van der Waals surface area contributed by atoms with Gasteiger partial charge in [-0.1, -0.05) is 24.3 Å². The van der Waals surface area contributed by atoms with Gasteiger partial charge in [0.1, 0.15) is 0 Å². The van der Waals surface area contributed by atoms with Crippen LogP contribution in [0.15, 0.2) is 53.4 Å². The standard InChI is InChI=1S/C18H13NO2S/c1-21-18(20)12-6-7-17-16(10-12)15(8-9-22-17)14-5-3-2-4-13(14)11-19/h2-8,10H,9H2,1H3. The predicted octanol–water partition coefficient (Wildman–Crippen LogP) is 3.88. The molecule has 0 saturated heterocycles. The van der Waals surface area contributed by atoms with E-state index in [0.717, 1.165) is 27.3 Å². The predicted molar refractivity (Wildman–Crippen MR) is 86.7 cm³/mol. The minimum Gasteiger partial charge on any atom is -0.465 e. The van der Waals surface area contributed by atoms with Crippen LogP contribution in [-0.4, -0.2) is 18.8 Å². The zero-order chi connectivity index (χ0) is 15.5. The van der Waals surface area contributed by atoms with Crippen LogP contribution in [0, 0.1) is 11.3 Å². The Bertz CT molecular complexity index is 818. The van der Waals surface area contributed by atoms with Gasteiger partial charge < -0.3 is 4.74 Å². The average molecular weight is 307 g/mol. The molecule has 0 atom stereocenters. The number of carbonyl (C=O) groups is 1. The Kier molecular flexibility index (Phi) is 3.99. The summed E-state index contributed by atoms with van der Waals surface area (Å²) in [6, 6.07) is 15.3. The fourth-order valence-corrected chi connectivity index (χ4v) is 3.42. The maximum Gasteiger partial charge on any atom is 0.337 e. The molecular weight excluding hydrogens is 294 g/mol. The summed E-state index contributed by atoms with van der Waals surface area (Å²) in [5.74, 6) is 0.492. The van der Waals surface area contributed by atoms with E-state index in [1.54, 1.807) is 17.8 Å². The van der Waals surface area contributed by atoms with Crippen molar-refractivity contribution in [2.75, 3.05) is 12.9 Å². The number of methoxy groups -OCH3 is 1. The number of hydrogen-bond acceptors (Lipinski definition) is 4. The first-order valence-electron chi connectivity index (χ1n) is 6.80. The quantitative estimate of drug-likeness (QED) is 0.790. The largest absolute Gasteiger partial charge is 0.465 e. The molecule has 4 heteroatoms. The third-order valence-electron chi connectivity index (χ3n) is 3.55. The van der Waals surface area contributed by atoms with Crippen molar-refractivity contribution in [1.29, 1.82) is 5.26 Å². The summed E-state index contributed by atoms with van der Waals surface area (Å²) in [5.41, 5.74) is 4.02. The van der Waals surface area contributed by atoms with Crippen LogP contribution in [0.4, 0.5) is 0 Å². The molecule has 3 rings (SSSR count). The third kappa shape index (κ3) is 2.51. The molecule has 108 valence electrons. The molecule has 3 nitrogen and oxygen atoms in total. The van der Waals surface area contributed by atoms with Gasteiger partial charge in [0.25, 0.3) is 0 Å². The Morgan fingerprint density at radius 3 is 2.82 bits per heavy atom. The van der Waals surface area contributed by atoms with E-state index in [1.165, 1.54) is 7.11 Å². The minimum atomic E-state index is -0.355. The Morgan fingerprint density at radius 1 is 1.23 bits per heavy atom. The summed E-state index contributed by atoms with van der Waals surface area (Å²) in [5, 5.41) is 9.32. The fraction of sp³-hybridized carbons (Fsp3) is 0.111. The number of benzene rings is 2. The van der Waals surface area contributed by atoms with Crippen LogP contribution in [0.5, 0.6) is 0 Å². The number of hydrogen-bond donors (Lipinski definition) is 0. The van der Waals surface area contributed by atoms with Gasteiger partial charge in [0.15, 0.2) is 0 Å². The molecular formula is C18H13NO2S. The number of fused-ring (bicyclic) bond motifs is 1. The first kappa shape index (κ1) is 14.4. The van der Waals surface area contributed by atoms with Crippen molar-refractivity contribution in [3.63, 3.8) is 0 Å². The molecule has 1 aliphatic rings. The van der Waals surface area contributed by atoms with Crippen LogP contribution in [0.25, 0.3) is 5.57 Å². The van der Waals surface area contributed by atoms with E-state index < -0.39 is 0 Å². The van der Waals surface area contributed by atoms with Gasteiger partial charge in [0.2, 0.25) is 0 Å². The van der Waals surface area contributed by atoms with E-state index in [4.69, 9.17) is 4.74 Å². The van der Waals surface area contributed by atoms with Gasteiger partial charge in [-0.25, -0.2) is 4.79 Å². The molecule has 0 saturated carbocycles. The van der Waals surface area contributed by atoms with Crippen LogP contribution in [0.3, 0.4) is 0 Å². The van der Waals surface area contributed by atoms with Crippen LogP contribution >= 0.6 is 11.8 Å². The molecule has 0 N–H and O–H groups in total. The zero-order valence-corrected chi connectivity index (χ0v) is 12.8. The van der Waals surface area contributed by atoms with Gasteiger partial charge in [-0.2, -0.15) is 5.26 Å². The summed E-state index contributed by atoms with van der Waals surface area (Å²) >= 11 is 1.72. The molecule has 22 heavy (non-hydrogen) atoms. The molecule has 2 aromatic carbocycles. The van der Waals surface area contributed by atoms with E-state index in [-0.39, 0.29) is 5.97 Å². The molecule has 1 heterocycles. The number of esters is 1. The topological polar surface area (TPSA) is 50.1 Å². The lowest BCUT2D eigenvalue weighted by atomic mass is 9.93. The van der Waals surface area contributed by atoms with Gasteiger partial charge in [-0.3, -0.25) is 0 Å². The molecule has 1 aliphatic heterocycles. The lowest BCUT2D eigenvalue weighted by Crippen LogP contribution is -2.05. The van der Waals surface area contributed by atoms with Gasteiger partial charge in [0, 0.05) is 10.6 Å². The first-order chi connectivity index (χ1) is 10.7. The van der Waals surface area contributed by atoms with Crippen LogP contribution in [0.2, 0.25) is 0 Å². The van der Waals surface area contributed by atoms with E-state index >= 15 is 0 Å². The molecule has 0 unspecified atom stereocenters. The van der Waals surface area contributed by atoms with Crippen molar-refractivity contribution in [3.8, 4) is 6.07 Å². The van der Waals surface area contributed by atoms with Gasteiger partial charge in [-0.05, 0) is 41.0 Å². The molecule has 0 aromatic heterocycles. The number of ether oxygens (including phenoxy) is 1.